The van der Waals surface area contributed by atoms with Gasteiger partial charge >= 0.3 is 5.97 Å². The summed E-state index contributed by atoms with van der Waals surface area (Å²) in [6, 6.07) is 19.0. The number of rotatable bonds is 5. The Morgan fingerprint density at radius 3 is 2.14 bits per heavy atom. The van der Waals surface area contributed by atoms with Crippen molar-refractivity contribution in [3.05, 3.63) is 77.5 Å². The van der Waals surface area contributed by atoms with Crippen LogP contribution >= 0.6 is 0 Å². The largest absolute Gasteiger partial charge is 0.477 e. The summed E-state index contributed by atoms with van der Waals surface area (Å²) in [7, 11) is 0. The Balaban J connectivity index is 2.41. The summed E-state index contributed by atoms with van der Waals surface area (Å²) in [6.45, 7) is 1.97. The molecule has 0 saturated carbocycles. The third-order valence-electron chi connectivity index (χ3n) is 3.02. The van der Waals surface area contributed by atoms with Crippen LogP contribution in [0.3, 0.4) is 0 Å². The number of aliphatic imine (C=N–C) groups is 1. The average Bonchev–Trinajstić information content (AvgIpc) is 2.53. The molecule has 106 valence electrons. The van der Waals surface area contributed by atoms with Crippen molar-refractivity contribution in [3.63, 3.8) is 0 Å². The fourth-order valence-electron chi connectivity index (χ4n) is 1.97. The Bertz CT molecular complexity index is 658. The molecule has 0 fully saturated rings. The Kier molecular flexibility index (Phi) is 5.04. The number of carbonyl (C=O) groups is 1. The van der Waals surface area contributed by atoms with Crippen LogP contribution in [0.1, 0.15) is 24.5 Å². The van der Waals surface area contributed by atoms with E-state index in [1.165, 1.54) is 0 Å². The predicted molar refractivity (Wildman–Crippen MR) is 85.3 cm³/mol. The van der Waals surface area contributed by atoms with Crippen molar-refractivity contribution in [1.29, 1.82) is 0 Å². The average molecular weight is 279 g/mol. The molecule has 0 bridgehead atoms. The summed E-state index contributed by atoms with van der Waals surface area (Å²) in [4.78, 5) is 15.7. The van der Waals surface area contributed by atoms with Gasteiger partial charge in [-0.3, -0.25) is 0 Å². The second-order valence-electron chi connectivity index (χ2n) is 4.52. The molecule has 0 aliphatic heterocycles. The van der Waals surface area contributed by atoms with Crippen LogP contribution in [0.4, 0.5) is 0 Å². The van der Waals surface area contributed by atoms with Gasteiger partial charge in [0, 0.05) is 5.71 Å². The summed E-state index contributed by atoms with van der Waals surface area (Å²) in [5.74, 6) is -1.03. The number of carboxylic acid groups (broad SMARTS) is 1. The molecule has 0 amide bonds. The lowest BCUT2D eigenvalue weighted by molar-refractivity contribution is -0.132. The summed E-state index contributed by atoms with van der Waals surface area (Å²) in [5, 5.41) is 9.35. The zero-order valence-electron chi connectivity index (χ0n) is 11.9. The van der Waals surface area contributed by atoms with Crippen LogP contribution in [-0.4, -0.2) is 16.8 Å². The van der Waals surface area contributed by atoms with Crippen molar-refractivity contribution in [2.45, 2.75) is 13.3 Å². The van der Waals surface area contributed by atoms with Crippen LogP contribution in [0.2, 0.25) is 0 Å². The summed E-state index contributed by atoms with van der Waals surface area (Å²) in [6.07, 6.45) is 2.25. The number of hydrogen-bond acceptors (Lipinski definition) is 2. The molecule has 2 aromatic carbocycles. The molecule has 3 heteroatoms. The van der Waals surface area contributed by atoms with Gasteiger partial charge in [0.25, 0.3) is 0 Å². The molecule has 1 N–H and O–H groups in total. The second kappa shape index (κ2) is 7.20. The van der Waals surface area contributed by atoms with Gasteiger partial charge in [-0.2, -0.15) is 0 Å². The second-order valence-corrected chi connectivity index (χ2v) is 4.52. The highest BCUT2D eigenvalue weighted by Gasteiger charge is 2.09. The van der Waals surface area contributed by atoms with Crippen molar-refractivity contribution in [1.82, 2.24) is 0 Å². The van der Waals surface area contributed by atoms with Crippen LogP contribution in [0.15, 0.2) is 71.4 Å². The zero-order valence-corrected chi connectivity index (χ0v) is 11.9. The first-order chi connectivity index (χ1) is 10.2. The van der Waals surface area contributed by atoms with Gasteiger partial charge in [-0.05, 0) is 23.6 Å². The third-order valence-corrected chi connectivity index (χ3v) is 3.02. The summed E-state index contributed by atoms with van der Waals surface area (Å²) in [5.41, 5.74) is 2.57. The lowest BCUT2D eigenvalue weighted by Gasteiger charge is -2.05. The van der Waals surface area contributed by atoms with Gasteiger partial charge in [0.1, 0.15) is 5.70 Å². The van der Waals surface area contributed by atoms with Gasteiger partial charge in [0.05, 0.1) is 0 Å². The Labute approximate surface area is 124 Å². The highest BCUT2D eigenvalue weighted by molar-refractivity contribution is 6.04. The molecule has 0 heterocycles. The number of carboxylic acids is 1. The van der Waals surface area contributed by atoms with E-state index in [0.29, 0.717) is 6.42 Å². The van der Waals surface area contributed by atoms with Gasteiger partial charge < -0.3 is 5.11 Å². The van der Waals surface area contributed by atoms with Gasteiger partial charge in [-0.15, -0.1) is 0 Å². The highest BCUT2D eigenvalue weighted by atomic mass is 16.4. The molecular weight excluding hydrogens is 262 g/mol. The minimum Gasteiger partial charge on any atom is -0.477 e. The van der Waals surface area contributed by atoms with E-state index < -0.39 is 5.97 Å². The molecule has 0 aromatic heterocycles. The topological polar surface area (TPSA) is 49.7 Å². The number of hydrogen-bond donors (Lipinski definition) is 1. The lowest BCUT2D eigenvalue weighted by Crippen LogP contribution is -2.04. The minimum atomic E-state index is -1.03. The van der Waals surface area contributed by atoms with Crippen LogP contribution in [0.25, 0.3) is 6.08 Å². The molecule has 2 aromatic rings. The lowest BCUT2D eigenvalue weighted by atomic mass is 10.1. The van der Waals surface area contributed by atoms with Crippen LogP contribution in [-0.2, 0) is 4.79 Å². The number of aliphatic carboxylic acids is 1. The van der Waals surface area contributed by atoms with Crippen LogP contribution in [0, 0.1) is 0 Å². The van der Waals surface area contributed by atoms with E-state index in [1.807, 2.05) is 67.6 Å². The summed E-state index contributed by atoms with van der Waals surface area (Å²) >= 11 is 0. The molecule has 0 saturated heterocycles. The molecular formula is C18H17NO2. The molecule has 3 nitrogen and oxygen atoms in total. The SMILES string of the molecule is CCC(=NC(=Cc1ccccc1)C(=O)O)c1ccccc1. The first-order valence-corrected chi connectivity index (χ1v) is 6.83. The molecule has 0 aliphatic rings. The van der Waals surface area contributed by atoms with Crippen molar-refractivity contribution in [2.24, 2.45) is 4.99 Å². The third kappa shape index (κ3) is 4.14. The summed E-state index contributed by atoms with van der Waals surface area (Å²) < 4.78 is 0. The maximum Gasteiger partial charge on any atom is 0.354 e. The predicted octanol–water partition coefficient (Wildman–Crippen LogP) is 4.01. The Morgan fingerprint density at radius 2 is 1.62 bits per heavy atom. The van der Waals surface area contributed by atoms with Crippen molar-refractivity contribution in [2.75, 3.05) is 0 Å². The maximum atomic E-state index is 11.4. The van der Waals surface area contributed by atoms with E-state index in [1.54, 1.807) is 6.08 Å². The van der Waals surface area contributed by atoms with Gasteiger partial charge in [0.15, 0.2) is 0 Å². The van der Waals surface area contributed by atoms with E-state index in [2.05, 4.69) is 4.99 Å². The minimum absolute atomic E-state index is 0.0434. The molecule has 0 radical (unpaired) electrons. The number of nitrogens with zero attached hydrogens (tertiary/aromatic N) is 1. The first-order valence-electron chi connectivity index (χ1n) is 6.83. The fourth-order valence-corrected chi connectivity index (χ4v) is 1.97. The van der Waals surface area contributed by atoms with Gasteiger partial charge in [0.2, 0.25) is 0 Å². The molecule has 0 spiro atoms. The smallest absolute Gasteiger partial charge is 0.354 e. The van der Waals surface area contributed by atoms with E-state index >= 15 is 0 Å². The zero-order chi connectivity index (χ0) is 15.1. The number of benzene rings is 2. The molecule has 0 atom stereocenters. The van der Waals surface area contributed by atoms with Crippen molar-refractivity contribution >= 4 is 17.8 Å². The highest BCUT2D eigenvalue weighted by Crippen LogP contribution is 2.12. The Hall–Kier alpha value is -2.68. The normalized spacial score (nSPS) is 12.2. The van der Waals surface area contributed by atoms with Crippen LogP contribution in [0.5, 0.6) is 0 Å². The standard InChI is InChI=1S/C18H17NO2/c1-2-16(15-11-7-4-8-12-15)19-17(18(20)21)13-14-9-5-3-6-10-14/h3-13H,2H2,1H3,(H,20,21). The molecule has 0 aliphatic carbocycles. The molecule has 0 unspecified atom stereocenters. The fraction of sp³-hybridized carbons (Fsp3) is 0.111. The van der Waals surface area contributed by atoms with E-state index in [0.717, 1.165) is 16.8 Å². The maximum absolute atomic E-state index is 11.4. The van der Waals surface area contributed by atoms with Gasteiger partial charge in [-0.1, -0.05) is 67.6 Å². The molecule has 21 heavy (non-hydrogen) atoms. The first kappa shape index (κ1) is 14.7. The van der Waals surface area contributed by atoms with Crippen molar-refractivity contribution < 1.29 is 9.90 Å². The van der Waals surface area contributed by atoms with Crippen LogP contribution < -0.4 is 0 Å². The monoisotopic (exact) mass is 279 g/mol. The van der Waals surface area contributed by atoms with E-state index in [-0.39, 0.29) is 5.70 Å². The van der Waals surface area contributed by atoms with Gasteiger partial charge in [-0.25, -0.2) is 9.79 Å². The quantitative estimate of drug-likeness (QED) is 0.664. The molecule has 2 rings (SSSR count). The Morgan fingerprint density at radius 1 is 1.05 bits per heavy atom. The van der Waals surface area contributed by atoms with E-state index in [9.17, 15) is 9.90 Å². The van der Waals surface area contributed by atoms with Crippen molar-refractivity contribution in [3.8, 4) is 0 Å². The van der Waals surface area contributed by atoms with E-state index in [4.69, 9.17) is 0 Å².